The maximum absolute atomic E-state index is 10.6. The van der Waals surface area contributed by atoms with Crippen molar-refractivity contribution in [3.8, 4) is 0 Å². The molecule has 4 atom stereocenters. The molecule has 0 radical (unpaired) electrons. The molecule has 1 heterocycles. The van der Waals surface area contributed by atoms with E-state index in [1.54, 1.807) is 0 Å². The van der Waals surface area contributed by atoms with Crippen molar-refractivity contribution in [2.45, 2.75) is 225 Å². The normalized spacial score (nSPS) is 20.4. The average molecular weight is 613 g/mol. The van der Waals surface area contributed by atoms with Gasteiger partial charge < -0.3 is 24.4 Å². The van der Waals surface area contributed by atoms with Crippen LogP contribution in [0.4, 0.5) is 0 Å². The molecule has 0 saturated carbocycles. The Morgan fingerprint density at radius 2 is 0.744 bits per heavy atom. The summed E-state index contributed by atoms with van der Waals surface area (Å²) in [4.78, 5) is 0. The van der Waals surface area contributed by atoms with E-state index in [2.05, 4.69) is 13.8 Å². The van der Waals surface area contributed by atoms with Crippen LogP contribution in [0.2, 0.25) is 0 Å². The molecule has 0 aromatic heterocycles. The molecule has 1 fully saturated rings. The first-order chi connectivity index (χ1) is 21.2. The van der Waals surface area contributed by atoms with Gasteiger partial charge in [0.1, 0.15) is 18.3 Å². The number of rotatable bonds is 34. The van der Waals surface area contributed by atoms with E-state index in [1.807, 2.05) is 0 Å². The van der Waals surface area contributed by atoms with Crippen LogP contribution in [0.15, 0.2) is 0 Å². The van der Waals surface area contributed by atoms with Gasteiger partial charge >= 0.3 is 0 Å². The van der Waals surface area contributed by atoms with Gasteiger partial charge in [-0.05, 0) is 12.8 Å². The predicted octanol–water partition coefficient (Wildman–Crippen LogP) is 10.8. The van der Waals surface area contributed by atoms with Gasteiger partial charge in [0, 0.05) is 13.2 Å². The summed E-state index contributed by atoms with van der Waals surface area (Å²) in [6.07, 6.45) is 36.3. The number of aliphatic hydroxyl groups excluding tert-OH is 2. The lowest BCUT2D eigenvalue weighted by Crippen LogP contribution is -2.37. The molecule has 0 aromatic carbocycles. The SMILES string of the molecule is CCCCCCCCCCCCCCCCCO[C@@H]1O[C@H](CO)[C@@H](O)[C@H]1OCCCCCCCCCCCCCCCC. The fourth-order valence-corrected chi connectivity index (χ4v) is 6.35. The molecule has 2 N–H and O–H groups in total. The zero-order valence-corrected chi connectivity index (χ0v) is 29.1. The van der Waals surface area contributed by atoms with Gasteiger partial charge in [-0.25, -0.2) is 0 Å². The van der Waals surface area contributed by atoms with Crippen molar-refractivity contribution in [3.05, 3.63) is 0 Å². The third-order valence-corrected chi connectivity index (χ3v) is 9.31. The summed E-state index contributed by atoms with van der Waals surface area (Å²) in [6, 6.07) is 0. The van der Waals surface area contributed by atoms with Crippen LogP contribution in [-0.2, 0) is 14.2 Å². The minimum absolute atomic E-state index is 0.210. The standard InChI is InChI=1S/C38H76O5/c1-3-5-7-9-11-13-15-17-19-21-23-25-27-29-31-33-42-38-37(36(40)35(34-39)43-38)41-32-30-28-26-24-22-20-18-16-14-12-10-8-6-4-2/h35-40H,3-34H2,1-2H3/t35-,36-,37-,38-/m1/s1. The Bertz CT molecular complexity index is 544. The molecule has 0 aliphatic carbocycles. The summed E-state index contributed by atoms with van der Waals surface area (Å²) >= 11 is 0. The molecule has 5 heteroatoms. The summed E-state index contributed by atoms with van der Waals surface area (Å²) in [5.74, 6) is 0. The Kier molecular flexibility index (Phi) is 30.2. The van der Waals surface area contributed by atoms with Gasteiger partial charge in [-0.15, -0.1) is 0 Å². The van der Waals surface area contributed by atoms with Crippen LogP contribution < -0.4 is 0 Å². The lowest BCUT2D eigenvalue weighted by atomic mass is 10.0. The van der Waals surface area contributed by atoms with Crippen LogP contribution in [-0.4, -0.2) is 54.6 Å². The van der Waals surface area contributed by atoms with Crippen LogP contribution in [0.1, 0.15) is 200 Å². The maximum atomic E-state index is 10.6. The predicted molar refractivity (Wildman–Crippen MR) is 183 cm³/mol. The van der Waals surface area contributed by atoms with Gasteiger partial charge in [-0.2, -0.15) is 0 Å². The lowest BCUT2D eigenvalue weighted by molar-refractivity contribution is -0.180. The second-order valence-corrected chi connectivity index (χ2v) is 13.5. The minimum Gasteiger partial charge on any atom is -0.394 e. The van der Waals surface area contributed by atoms with Crippen molar-refractivity contribution in [1.82, 2.24) is 0 Å². The van der Waals surface area contributed by atoms with Gasteiger partial charge in [0.05, 0.1) is 6.61 Å². The number of ether oxygens (including phenoxy) is 3. The molecule has 1 aliphatic rings. The first-order valence-corrected chi connectivity index (χ1v) is 19.4. The highest BCUT2D eigenvalue weighted by atomic mass is 16.7. The van der Waals surface area contributed by atoms with E-state index in [0.717, 1.165) is 19.3 Å². The molecular formula is C38H76O5. The molecule has 0 spiro atoms. The van der Waals surface area contributed by atoms with Crippen molar-refractivity contribution in [3.63, 3.8) is 0 Å². The average Bonchev–Trinajstić information content (AvgIpc) is 3.32. The van der Waals surface area contributed by atoms with Crippen LogP contribution in [0.3, 0.4) is 0 Å². The van der Waals surface area contributed by atoms with Gasteiger partial charge in [0.15, 0.2) is 6.29 Å². The molecule has 43 heavy (non-hydrogen) atoms. The Hall–Kier alpha value is -0.200. The molecule has 258 valence electrons. The zero-order valence-electron chi connectivity index (χ0n) is 29.1. The van der Waals surface area contributed by atoms with Gasteiger partial charge in [-0.1, -0.05) is 187 Å². The quantitative estimate of drug-likeness (QED) is 0.0708. The van der Waals surface area contributed by atoms with Crippen LogP contribution in [0, 0.1) is 0 Å². The summed E-state index contributed by atoms with van der Waals surface area (Å²) in [6.45, 7) is 5.58. The fraction of sp³-hybridized carbons (Fsp3) is 1.00. The third-order valence-electron chi connectivity index (χ3n) is 9.31. The molecule has 1 saturated heterocycles. The van der Waals surface area contributed by atoms with E-state index >= 15 is 0 Å². The maximum Gasteiger partial charge on any atom is 0.186 e. The van der Waals surface area contributed by atoms with Crippen molar-refractivity contribution >= 4 is 0 Å². The topological polar surface area (TPSA) is 68.2 Å². The van der Waals surface area contributed by atoms with Crippen molar-refractivity contribution in [2.24, 2.45) is 0 Å². The number of aliphatic hydroxyl groups is 2. The molecule has 0 bridgehead atoms. The molecule has 0 amide bonds. The summed E-state index contributed by atoms with van der Waals surface area (Å²) in [5, 5.41) is 20.2. The highest BCUT2D eigenvalue weighted by Gasteiger charge is 2.44. The molecule has 0 unspecified atom stereocenters. The number of unbranched alkanes of at least 4 members (excludes halogenated alkanes) is 27. The van der Waals surface area contributed by atoms with E-state index < -0.39 is 24.6 Å². The molecule has 0 aromatic rings. The van der Waals surface area contributed by atoms with E-state index in [0.29, 0.717) is 13.2 Å². The van der Waals surface area contributed by atoms with Crippen molar-refractivity contribution in [2.75, 3.05) is 19.8 Å². The third kappa shape index (κ3) is 23.8. The number of hydrogen-bond donors (Lipinski definition) is 2. The Labute approximate surface area is 268 Å². The van der Waals surface area contributed by atoms with Gasteiger partial charge in [0.2, 0.25) is 0 Å². The monoisotopic (exact) mass is 613 g/mol. The molecule has 5 nitrogen and oxygen atoms in total. The van der Waals surface area contributed by atoms with Crippen LogP contribution >= 0.6 is 0 Å². The fourth-order valence-electron chi connectivity index (χ4n) is 6.35. The lowest BCUT2D eigenvalue weighted by Gasteiger charge is -2.21. The minimum atomic E-state index is -0.831. The molecular weight excluding hydrogens is 536 g/mol. The molecule has 1 aliphatic heterocycles. The van der Waals surface area contributed by atoms with Crippen molar-refractivity contribution in [1.29, 1.82) is 0 Å². The van der Waals surface area contributed by atoms with Crippen LogP contribution in [0.25, 0.3) is 0 Å². The smallest absolute Gasteiger partial charge is 0.186 e. The highest BCUT2D eigenvalue weighted by Crippen LogP contribution is 2.26. The largest absolute Gasteiger partial charge is 0.394 e. The van der Waals surface area contributed by atoms with Crippen molar-refractivity contribution < 1.29 is 24.4 Å². The van der Waals surface area contributed by atoms with Crippen LogP contribution in [0.5, 0.6) is 0 Å². The first kappa shape index (κ1) is 40.8. The second kappa shape index (κ2) is 31.8. The highest BCUT2D eigenvalue weighted by molar-refractivity contribution is 4.87. The Morgan fingerprint density at radius 1 is 0.442 bits per heavy atom. The van der Waals surface area contributed by atoms with Gasteiger partial charge in [-0.3, -0.25) is 0 Å². The summed E-state index contributed by atoms with van der Waals surface area (Å²) < 4.78 is 17.8. The molecule has 1 rings (SSSR count). The summed E-state index contributed by atoms with van der Waals surface area (Å²) in [5.41, 5.74) is 0. The van der Waals surface area contributed by atoms with E-state index in [-0.39, 0.29) is 6.61 Å². The number of hydrogen-bond acceptors (Lipinski definition) is 5. The van der Waals surface area contributed by atoms with Gasteiger partial charge in [0.25, 0.3) is 0 Å². The zero-order chi connectivity index (χ0) is 31.1. The Balaban J connectivity index is 1.96. The second-order valence-electron chi connectivity index (χ2n) is 13.5. The first-order valence-electron chi connectivity index (χ1n) is 19.4. The van der Waals surface area contributed by atoms with E-state index in [1.165, 1.54) is 167 Å². The van der Waals surface area contributed by atoms with E-state index in [4.69, 9.17) is 14.2 Å². The van der Waals surface area contributed by atoms with E-state index in [9.17, 15) is 10.2 Å². The Morgan fingerprint density at radius 3 is 1.07 bits per heavy atom. The summed E-state index contributed by atoms with van der Waals surface area (Å²) in [7, 11) is 0.